The van der Waals surface area contributed by atoms with Crippen molar-refractivity contribution < 1.29 is 13.9 Å². The van der Waals surface area contributed by atoms with Gasteiger partial charge >= 0.3 is 5.97 Å². The molecule has 0 aliphatic carbocycles. The highest BCUT2D eigenvalue weighted by Gasteiger charge is 2.23. The van der Waals surface area contributed by atoms with Crippen molar-refractivity contribution in [2.75, 3.05) is 0 Å². The number of ether oxygens (including phenoxy) is 1. The summed E-state index contributed by atoms with van der Waals surface area (Å²) >= 11 is 1.32. The van der Waals surface area contributed by atoms with Gasteiger partial charge in [-0.2, -0.15) is 0 Å². The van der Waals surface area contributed by atoms with Gasteiger partial charge in [-0.15, -0.1) is 11.3 Å². The minimum absolute atomic E-state index is 0.383. The molecule has 0 radical (unpaired) electrons. The summed E-state index contributed by atoms with van der Waals surface area (Å²) in [6.45, 7) is 1.85. The molecule has 0 bridgehead atoms. The first-order valence-corrected chi connectivity index (χ1v) is 7.94. The number of aromatic nitrogens is 1. The molecule has 0 saturated carbocycles. The van der Waals surface area contributed by atoms with E-state index in [1.807, 2.05) is 18.4 Å². The molecule has 1 aromatic carbocycles. The number of rotatable bonds is 4. The summed E-state index contributed by atoms with van der Waals surface area (Å²) < 4.78 is 19.2. The van der Waals surface area contributed by atoms with Crippen molar-refractivity contribution in [3.05, 3.63) is 87.6 Å². The zero-order valence-electron chi connectivity index (χ0n) is 12.4. The number of hydrogen-bond acceptors (Lipinski definition) is 4. The van der Waals surface area contributed by atoms with E-state index in [0.29, 0.717) is 16.1 Å². The van der Waals surface area contributed by atoms with Crippen LogP contribution in [0.25, 0.3) is 0 Å². The predicted octanol–water partition coefficient (Wildman–Crippen LogP) is 4.54. The number of esters is 1. The van der Waals surface area contributed by atoms with E-state index in [1.54, 1.807) is 36.5 Å². The summed E-state index contributed by atoms with van der Waals surface area (Å²) in [5, 5.41) is 1.84. The average Bonchev–Trinajstić information content (AvgIpc) is 2.99. The highest BCUT2D eigenvalue weighted by molar-refractivity contribution is 7.12. The van der Waals surface area contributed by atoms with Crippen LogP contribution < -0.4 is 0 Å². The van der Waals surface area contributed by atoms with Crippen LogP contribution in [0.2, 0.25) is 0 Å². The summed E-state index contributed by atoms with van der Waals surface area (Å²) in [5.41, 5.74) is 1.96. The maximum atomic E-state index is 13.6. The number of nitrogens with zero attached hydrogens (tertiary/aromatic N) is 1. The Hall–Kier alpha value is -2.53. The molecule has 3 rings (SSSR count). The van der Waals surface area contributed by atoms with Gasteiger partial charge in [-0.25, -0.2) is 9.18 Å². The third-order valence-corrected chi connectivity index (χ3v) is 4.38. The fraction of sp³-hybridized carbons (Fsp3) is 0.111. The maximum Gasteiger partial charge on any atom is 0.349 e. The lowest BCUT2D eigenvalue weighted by atomic mass is 10.1. The second-order valence-electron chi connectivity index (χ2n) is 5.03. The average molecular weight is 327 g/mol. The Morgan fingerprint density at radius 3 is 2.74 bits per heavy atom. The second kappa shape index (κ2) is 6.71. The fourth-order valence-electron chi connectivity index (χ4n) is 2.24. The quantitative estimate of drug-likeness (QED) is 0.661. The number of carbonyl (C=O) groups is 1. The van der Waals surface area contributed by atoms with Crippen LogP contribution in [0.1, 0.15) is 32.6 Å². The Morgan fingerprint density at radius 2 is 2.09 bits per heavy atom. The maximum absolute atomic E-state index is 13.6. The first-order chi connectivity index (χ1) is 11.1. The van der Waals surface area contributed by atoms with E-state index in [1.165, 1.54) is 23.5 Å². The standard InChI is InChI=1S/C18H14FNO2S/c1-12-8-10-23-17(12)18(21)22-16(15-7-2-3-9-20-15)13-5-4-6-14(19)11-13/h2-11,16H,1H3. The lowest BCUT2D eigenvalue weighted by Gasteiger charge is -2.18. The van der Waals surface area contributed by atoms with Gasteiger partial charge in [0.1, 0.15) is 10.7 Å². The Labute approximate surface area is 137 Å². The lowest BCUT2D eigenvalue weighted by molar-refractivity contribution is 0.0375. The van der Waals surface area contributed by atoms with Crippen molar-refractivity contribution in [3.8, 4) is 0 Å². The van der Waals surface area contributed by atoms with Crippen LogP contribution in [-0.4, -0.2) is 11.0 Å². The van der Waals surface area contributed by atoms with Crippen LogP contribution in [0, 0.1) is 12.7 Å². The summed E-state index contributed by atoms with van der Waals surface area (Å²) in [4.78, 5) is 17.2. The van der Waals surface area contributed by atoms with Gasteiger partial charge in [-0.05, 0) is 48.2 Å². The molecule has 3 nitrogen and oxygen atoms in total. The van der Waals surface area contributed by atoms with Gasteiger partial charge in [0.05, 0.1) is 5.69 Å². The van der Waals surface area contributed by atoms with Gasteiger partial charge in [0, 0.05) is 11.8 Å². The molecular formula is C18H14FNO2S. The van der Waals surface area contributed by atoms with Gasteiger partial charge in [-0.3, -0.25) is 4.98 Å². The van der Waals surface area contributed by atoms with Crippen LogP contribution in [-0.2, 0) is 4.74 Å². The van der Waals surface area contributed by atoms with Crippen molar-refractivity contribution in [2.24, 2.45) is 0 Å². The number of aryl methyl sites for hydroxylation is 1. The summed E-state index contributed by atoms with van der Waals surface area (Å²) in [6.07, 6.45) is 0.868. The zero-order valence-corrected chi connectivity index (χ0v) is 13.2. The Balaban J connectivity index is 1.96. The van der Waals surface area contributed by atoms with E-state index in [2.05, 4.69) is 4.98 Å². The molecule has 0 fully saturated rings. The number of carbonyl (C=O) groups excluding carboxylic acids is 1. The zero-order chi connectivity index (χ0) is 16.2. The van der Waals surface area contributed by atoms with Crippen LogP contribution in [0.4, 0.5) is 4.39 Å². The molecule has 2 aromatic heterocycles. The molecule has 1 unspecified atom stereocenters. The van der Waals surface area contributed by atoms with E-state index in [9.17, 15) is 9.18 Å². The molecule has 0 amide bonds. The summed E-state index contributed by atoms with van der Waals surface area (Å²) in [6, 6.07) is 13.2. The Bertz CT molecular complexity index is 817. The van der Waals surface area contributed by atoms with E-state index in [-0.39, 0.29) is 5.82 Å². The largest absolute Gasteiger partial charge is 0.447 e. The van der Waals surface area contributed by atoms with E-state index in [0.717, 1.165) is 5.56 Å². The molecule has 0 saturated heterocycles. The molecule has 3 aromatic rings. The van der Waals surface area contributed by atoms with Crippen LogP contribution in [0.15, 0.2) is 60.1 Å². The van der Waals surface area contributed by atoms with E-state index < -0.39 is 12.1 Å². The van der Waals surface area contributed by atoms with Crippen molar-refractivity contribution in [1.29, 1.82) is 0 Å². The highest BCUT2D eigenvalue weighted by atomic mass is 32.1. The van der Waals surface area contributed by atoms with Crippen LogP contribution in [0.5, 0.6) is 0 Å². The Morgan fingerprint density at radius 1 is 1.22 bits per heavy atom. The van der Waals surface area contributed by atoms with Gasteiger partial charge in [-0.1, -0.05) is 18.2 Å². The highest BCUT2D eigenvalue weighted by Crippen LogP contribution is 2.28. The van der Waals surface area contributed by atoms with Crippen molar-refractivity contribution in [1.82, 2.24) is 4.98 Å². The predicted molar refractivity (Wildman–Crippen MR) is 87.0 cm³/mol. The number of hydrogen-bond donors (Lipinski definition) is 0. The van der Waals surface area contributed by atoms with Crippen molar-refractivity contribution in [2.45, 2.75) is 13.0 Å². The molecule has 0 spiro atoms. The van der Waals surface area contributed by atoms with E-state index >= 15 is 0 Å². The third kappa shape index (κ3) is 3.46. The number of pyridine rings is 1. The number of thiophene rings is 1. The molecule has 5 heteroatoms. The molecule has 0 aliphatic heterocycles. The SMILES string of the molecule is Cc1ccsc1C(=O)OC(c1cccc(F)c1)c1ccccn1. The number of halogens is 1. The summed E-state index contributed by atoms with van der Waals surface area (Å²) in [5.74, 6) is -0.816. The van der Waals surface area contributed by atoms with Crippen molar-refractivity contribution in [3.63, 3.8) is 0 Å². The topological polar surface area (TPSA) is 39.2 Å². The molecule has 2 heterocycles. The minimum Gasteiger partial charge on any atom is -0.447 e. The Kier molecular flexibility index (Phi) is 4.48. The second-order valence-corrected chi connectivity index (χ2v) is 5.94. The van der Waals surface area contributed by atoms with E-state index in [4.69, 9.17) is 4.74 Å². The molecule has 116 valence electrons. The fourth-order valence-corrected chi connectivity index (χ4v) is 3.05. The molecule has 23 heavy (non-hydrogen) atoms. The van der Waals surface area contributed by atoms with Gasteiger partial charge in [0.2, 0.25) is 0 Å². The first-order valence-electron chi connectivity index (χ1n) is 7.06. The normalized spacial score (nSPS) is 11.9. The molecule has 0 aliphatic rings. The monoisotopic (exact) mass is 327 g/mol. The molecular weight excluding hydrogens is 313 g/mol. The van der Waals surface area contributed by atoms with Gasteiger partial charge in [0.25, 0.3) is 0 Å². The van der Waals surface area contributed by atoms with Crippen LogP contribution >= 0.6 is 11.3 Å². The smallest absolute Gasteiger partial charge is 0.349 e. The third-order valence-electron chi connectivity index (χ3n) is 3.38. The van der Waals surface area contributed by atoms with Crippen molar-refractivity contribution >= 4 is 17.3 Å². The molecule has 1 atom stereocenters. The molecule has 0 N–H and O–H groups in total. The minimum atomic E-state index is -0.749. The number of benzene rings is 1. The van der Waals surface area contributed by atoms with Gasteiger partial charge in [0.15, 0.2) is 6.10 Å². The summed E-state index contributed by atoms with van der Waals surface area (Å²) in [7, 11) is 0. The first kappa shape index (κ1) is 15.4. The lowest BCUT2D eigenvalue weighted by Crippen LogP contribution is -2.14. The van der Waals surface area contributed by atoms with Crippen LogP contribution in [0.3, 0.4) is 0 Å². The van der Waals surface area contributed by atoms with Gasteiger partial charge < -0.3 is 4.74 Å².